The van der Waals surface area contributed by atoms with E-state index in [1.807, 2.05) is 0 Å². The number of carbonyl (C=O) groups is 15. The minimum absolute atomic E-state index is 0.104. The van der Waals surface area contributed by atoms with Crippen molar-refractivity contribution in [1.82, 2.24) is 74.1 Å². The number of carboxylic acids is 1. The van der Waals surface area contributed by atoms with E-state index in [1.165, 1.54) is 6.92 Å². The summed E-state index contributed by atoms with van der Waals surface area (Å²) in [6.45, 7) is 1.88. The lowest BCUT2D eigenvalue weighted by molar-refractivity contribution is -0.142. The number of aromatic amines is 1. The summed E-state index contributed by atoms with van der Waals surface area (Å²) in [4.78, 5) is 217. The lowest BCUT2D eigenvalue weighted by Crippen LogP contribution is -2.63. The molecule has 115 heavy (non-hydrogen) atoms. The molecule has 1 aliphatic rings. The second kappa shape index (κ2) is 47.6. The third-order valence-corrected chi connectivity index (χ3v) is 20.7. The summed E-state index contributed by atoms with van der Waals surface area (Å²) in [5, 5.41) is 76.1. The highest BCUT2D eigenvalue weighted by molar-refractivity contribution is 8.76. The second-order valence-electron chi connectivity index (χ2n) is 27.6. The lowest BCUT2D eigenvalue weighted by Gasteiger charge is -2.29. The molecular weight excluding hydrogens is 1530 g/mol. The first-order valence-corrected chi connectivity index (χ1v) is 39.8. The fourth-order valence-electron chi connectivity index (χ4n) is 11.9. The zero-order chi connectivity index (χ0) is 84.3. The van der Waals surface area contributed by atoms with Gasteiger partial charge in [0, 0.05) is 54.3 Å². The van der Waals surface area contributed by atoms with E-state index >= 15 is 14.4 Å². The molecule has 26 N–H and O–H groups in total. The third kappa shape index (κ3) is 30.7. The molecule has 14 amide bonds. The smallest absolute Gasteiger partial charge is 0.327 e. The van der Waals surface area contributed by atoms with E-state index in [9.17, 15) is 78.0 Å². The number of aliphatic hydroxyl groups is 3. The van der Waals surface area contributed by atoms with E-state index in [2.05, 4.69) is 74.1 Å². The summed E-state index contributed by atoms with van der Waals surface area (Å²) in [5.74, 6) is -17.7. The Balaban J connectivity index is 1.47. The van der Waals surface area contributed by atoms with E-state index < -0.39 is 210 Å². The average molecular weight is 1640 g/mol. The van der Waals surface area contributed by atoms with E-state index in [1.54, 1.807) is 121 Å². The fourth-order valence-corrected chi connectivity index (χ4v) is 14.3. The second-order valence-corrected chi connectivity index (χ2v) is 30.1. The summed E-state index contributed by atoms with van der Waals surface area (Å²) >= 11 is 0. The largest absolute Gasteiger partial charge is 0.480 e. The first-order valence-electron chi connectivity index (χ1n) is 37.4. The molecule has 15 atom stereocenters. The molecular formula is C76H104N18O19S2. The molecule has 0 aliphatic carbocycles. The molecule has 4 aromatic carbocycles. The monoisotopic (exact) mass is 1640 g/mol. The van der Waals surface area contributed by atoms with Crippen molar-refractivity contribution in [2.75, 3.05) is 37.7 Å². The summed E-state index contributed by atoms with van der Waals surface area (Å²) in [5.41, 5.74) is 25.6. The molecule has 1 saturated heterocycles. The molecule has 0 spiro atoms. The number of rotatable bonds is 26. The Morgan fingerprint density at radius 3 is 1.30 bits per heavy atom. The lowest BCUT2D eigenvalue weighted by atomic mass is 10.00. The molecule has 39 heteroatoms. The van der Waals surface area contributed by atoms with Gasteiger partial charge in [0.25, 0.3) is 0 Å². The van der Waals surface area contributed by atoms with Crippen molar-refractivity contribution in [2.24, 2.45) is 22.9 Å². The Bertz CT molecular complexity index is 4130. The van der Waals surface area contributed by atoms with Gasteiger partial charge in [-0.15, -0.1) is 0 Å². The van der Waals surface area contributed by atoms with Gasteiger partial charge in [-0.1, -0.05) is 131 Å². The van der Waals surface area contributed by atoms with Crippen molar-refractivity contribution in [3.05, 3.63) is 144 Å². The van der Waals surface area contributed by atoms with Crippen LogP contribution in [0.3, 0.4) is 0 Å². The summed E-state index contributed by atoms with van der Waals surface area (Å²) in [6.07, 6.45) is -3.48. The molecule has 1 fully saturated rings. The van der Waals surface area contributed by atoms with Crippen LogP contribution < -0.4 is 92.1 Å². The van der Waals surface area contributed by atoms with Crippen LogP contribution in [-0.2, 0) is 97.6 Å². The van der Waals surface area contributed by atoms with Crippen molar-refractivity contribution < 1.29 is 92.3 Å². The van der Waals surface area contributed by atoms with Crippen molar-refractivity contribution in [1.29, 1.82) is 0 Å². The number of aliphatic carboxylic acids is 1. The predicted molar refractivity (Wildman–Crippen MR) is 425 cm³/mol. The molecule has 0 radical (unpaired) electrons. The number of para-hydroxylation sites is 1. The third-order valence-electron chi connectivity index (χ3n) is 18.3. The fraction of sp³-hybridized carbons (Fsp3) is 0.461. The number of carbonyl (C=O) groups excluding carboxylic acids is 14. The van der Waals surface area contributed by atoms with E-state index in [-0.39, 0.29) is 70.9 Å². The Kier molecular flexibility index (Phi) is 38.4. The number of amides is 14. The maximum Gasteiger partial charge on any atom is 0.327 e. The van der Waals surface area contributed by atoms with Crippen molar-refractivity contribution in [2.45, 2.75) is 182 Å². The van der Waals surface area contributed by atoms with Crippen LogP contribution >= 0.6 is 21.6 Å². The molecule has 2 heterocycles. The summed E-state index contributed by atoms with van der Waals surface area (Å²) in [6, 6.07) is 9.57. The normalized spacial score (nSPS) is 23.7. The number of aromatic nitrogens is 1. The van der Waals surface area contributed by atoms with Crippen LogP contribution in [0.15, 0.2) is 121 Å². The highest BCUT2D eigenvalue weighted by Crippen LogP contribution is 2.25. The first kappa shape index (κ1) is 92.8. The molecule has 1 aliphatic heterocycles. The first-order chi connectivity index (χ1) is 54.9. The van der Waals surface area contributed by atoms with Crippen LogP contribution in [0.2, 0.25) is 0 Å². The van der Waals surface area contributed by atoms with Gasteiger partial charge in [-0.05, 0) is 101 Å². The average Bonchev–Trinajstić information content (AvgIpc) is 1.71. The topological polar surface area (TPSA) is 613 Å². The number of nitrogens with two attached hydrogens (primary N) is 4. The number of hydrogen-bond acceptors (Lipinski definition) is 23. The number of H-pyrrole nitrogens is 1. The molecule has 37 nitrogen and oxygen atoms in total. The molecule has 624 valence electrons. The number of benzene rings is 4. The summed E-state index contributed by atoms with van der Waals surface area (Å²) in [7, 11) is 1.49. The van der Waals surface area contributed by atoms with Crippen LogP contribution in [0.5, 0.6) is 0 Å². The molecule has 5 aromatic rings. The molecule has 0 bridgehead atoms. The van der Waals surface area contributed by atoms with Gasteiger partial charge in [-0.2, -0.15) is 0 Å². The minimum Gasteiger partial charge on any atom is -0.480 e. The number of aliphatic hydroxyl groups excluding tert-OH is 3. The Hall–Kier alpha value is -11.1. The van der Waals surface area contributed by atoms with Gasteiger partial charge in [0.05, 0.1) is 37.8 Å². The van der Waals surface area contributed by atoms with Gasteiger partial charge in [0.1, 0.15) is 72.5 Å². The zero-order valence-corrected chi connectivity index (χ0v) is 65.4. The number of hydrogen-bond donors (Lipinski definition) is 22. The molecule has 1 aromatic heterocycles. The Labute approximate surface area is 670 Å². The molecule has 0 saturated carbocycles. The van der Waals surface area contributed by atoms with Crippen molar-refractivity contribution in [3.8, 4) is 0 Å². The maximum atomic E-state index is 15.4. The van der Waals surface area contributed by atoms with Crippen LogP contribution in [-0.4, -0.2) is 243 Å². The van der Waals surface area contributed by atoms with Crippen molar-refractivity contribution >= 4 is 121 Å². The van der Waals surface area contributed by atoms with Gasteiger partial charge in [0.2, 0.25) is 82.7 Å². The van der Waals surface area contributed by atoms with Crippen LogP contribution in [0.4, 0.5) is 0 Å². The molecule has 6 rings (SSSR count). The highest BCUT2D eigenvalue weighted by Gasteiger charge is 2.40. The standard InChI is InChI=1S/C76H104N18O19S2/c1-41(79)64(100)82-37-61(99)83-58-39-114-115-40-59(76(112)113)92-72(108)57(38-95)91-75(111)63(43(3)97)94-71(107)54(33-46-23-11-6-12-24-46)90-74(110)62(42(2)96)93-66(102)51(28-16-18-30-78)84-69(105)55(34-47-36-81-49-26-14-13-25-48(47)49)88-68(104)53(32-45-21-9-5-10-22-45)86-67(103)52(31-44-19-7-4-8-20-44)87-70(106)56(35-60(80)98)89-65(101)50(85-73(58)109)27-15-17-29-77/h4-14,19-26,36,41-43,50-59,62-63,81,95-97H,15-18,27-35,37-40,77-79H2,1-3H3,(H2,80,98)(H,82,100)(H,83,99)(H,84,105)(H,85,109)(H,86,103)(H,87,106)(H,88,104)(H,89,101)(H,90,110)(H,91,111)(H,92,108)(H,93,102)(H,94,107)(H,112,113)/t41-,42+,43+,50-,51-,52-,53-,54-,55+,56+,57-,58+,59+,62?,63?/m0/s1. The van der Waals surface area contributed by atoms with Crippen LogP contribution in [0.25, 0.3) is 10.9 Å². The van der Waals surface area contributed by atoms with E-state index in [0.717, 1.165) is 35.4 Å². The van der Waals surface area contributed by atoms with Gasteiger partial charge in [0.15, 0.2) is 0 Å². The number of carboxylic acid groups (broad SMARTS) is 1. The van der Waals surface area contributed by atoms with Crippen molar-refractivity contribution in [3.63, 3.8) is 0 Å². The van der Waals surface area contributed by atoms with Crippen LogP contribution in [0, 0.1) is 0 Å². The SMILES string of the molecule is C[C@H](N)C(=O)NCC(=O)N[C@@H]1CSSC[C@H](C(=O)O)NC(=O)[C@H](CO)NC(=O)C([C@@H](C)O)NC(=O)[C@H](Cc2ccccc2)NC(=O)C([C@@H](C)O)NC(=O)[C@H](CCCCN)NC(=O)[C@@H](Cc2c[nH]c3ccccc23)NC(=O)[C@H](Cc2ccccc2)NC(=O)[C@H](Cc2ccccc2)NC(=O)[C@@H](CC(N)=O)NC(=O)[C@H](CCCCN)NC1=O. The number of fused-ring (bicyclic) bond motifs is 1. The van der Waals surface area contributed by atoms with E-state index in [0.29, 0.717) is 39.6 Å². The molecule has 2 unspecified atom stereocenters. The number of nitrogens with one attached hydrogen (secondary N) is 14. The predicted octanol–water partition coefficient (Wildman–Crippen LogP) is -4.91. The van der Waals surface area contributed by atoms with Gasteiger partial charge < -0.3 is 117 Å². The van der Waals surface area contributed by atoms with Gasteiger partial charge >= 0.3 is 5.97 Å². The Morgan fingerprint density at radius 2 is 0.852 bits per heavy atom. The Morgan fingerprint density at radius 1 is 0.470 bits per heavy atom. The quantitative estimate of drug-likeness (QED) is 0.0182. The maximum absolute atomic E-state index is 15.4. The minimum atomic E-state index is -1.99. The zero-order valence-electron chi connectivity index (χ0n) is 63.8. The number of primary amides is 1. The van der Waals surface area contributed by atoms with E-state index in [4.69, 9.17) is 22.9 Å². The number of unbranched alkanes of at least 4 members (excludes halogenated alkanes) is 2. The van der Waals surface area contributed by atoms with Gasteiger partial charge in [-0.25, -0.2) is 4.79 Å². The van der Waals surface area contributed by atoms with Gasteiger partial charge in [-0.3, -0.25) is 67.1 Å². The highest BCUT2D eigenvalue weighted by atomic mass is 33.1. The van der Waals surface area contributed by atoms with Crippen LogP contribution in [0.1, 0.15) is 88.0 Å². The summed E-state index contributed by atoms with van der Waals surface area (Å²) < 4.78 is 0.